The van der Waals surface area contributed by atoms with Gasteiger partial charge in [0.05, 0.1) is 12.7 Å². The molecule has 4 rings (SSSR count). The zero-order chi connectivity index (χ0) is 23.9. The lowest BCUT2D eigenvalue weighted by molar-refractivity contribution is -0.132. The Hall–Kier alpha value is -4.00. The van der Waals surface area contributed by atoms with Crippen molar-refractivity contribution in [1.29, 1.82) is 0 Å². The van der Waals surface area contributed by atoms with Crippen LogP contribution in [0.4, 0.5) is 11.4 Å². The number of rotatable bonds is 5. The number of amides is 1. The zero-order valence-corrected chi connectivity index (χ0v) is 19.2. The van der Waals surface area contributed by atoms with E-state index in [1.54, 1.807) is 56.5 Å². The van der Waals surface area contributed by atoms with Gasteiger partial charge >= 0.3 is 0 Å². The van der Waals surface area contributed by atoms with Crippen molar-refractivity contribution in [3.05, 3.63) is 82.8 Å². The molecule has 1 fully saturated rings. The molecule has 33 heavy (non-hydrogen) atoms. The molecule has 0 spiro atoms. The van der Waals surface area contributed by atoms with Crippen LogP contribution in [0.5, 0.6) is 5.75 Å². The number of hydrogen-bond donors (Lipinski definition) is 1. The minimum absolute atomic E-state index is 0.0180. The van der Waals surface area contributed by atoms with Gasteiger partial charge in [-0.25, -0.2) is 0 Å². The maximum Gasteiger partial charge on any atom is 0.300 e. The third-order valence-electron chi connectivity index (χ3n) is 5.79. The summed E-state index contributed by atoms with van der Waals surface area (Å²) in [5.74, 6) is -0.0547. The second-order valence-corrected chi connectivity index (χ2v) is 8.21. The van der Waals surface area contributed by atoms with Crippen molar-refractivity contribution in [2.24, 2.45) is 0 Å². The molecule has 0 radical (unpaired) electrons. The summed E-state index contributed by atoms with van der Waals surface area (Å²) in [5.41, 5.74) is 2.68. The number of benzene rings is 2. The molecule has 3 aromatic rings. The van der Waals surface area contributed by atoms with E-state index in [1.165, 1.54) is 4.90 Å². The number of aliphatic hydroxyl groups is 1. The molecule has 0 bridgehead atoms. The van der Waals surface area contributed by atoms with Gasteiger partial charge < -0.3 is 19.2 Å². The van der Waals surface area contributed by atoms with Crippen LogP contribution in [0.2, 0.25) is 0 Å². The van der Waals surface area contributed by atoms with Crippen LogP contribution < -0.4 is 14.5 Å². The van der Waals surface area contributed by atoms with Crippen molar-refractivity contribution in [1.82, 2.24) is 0 Å². The maximum absolute atomic E-state index is 13.2. The fourth-order valence-electron chi connectivity index (χ4n) is 4.06. The van der Waals surface area contributed by atoms with Gasteiger partial charge in [0, 0.05) is 31.0 Å². The summed E-state index contributed by atoms with van der Waals surface area (Å²) in [4.78, 5) is 29.7. The molecule has 1 saturated heterocycles. The van der Waals surface area contributed by atoms with E-state index in [2.05, 4.69) is 0 Å². The molecule has 0 aliphatic carbocycles. The van der Waals surface area contributed by atoms with Crippen LogP contribution in [0.1, 0.15) is 28.7 Å². The number of hydrogen-bond acceptors (Lipinski definition) is 6. The van der Waals surface area contributed by atoms with E-state index in [4.69, 9.17) is 9.15 Å². The molecule has 7 heteroatoms. The SMILES string of the molecule is COc1ccc(/C(O)=C2/C(=O)C(=O)N(c3ccc(N(C)C)cc3)C2c2ccc(C)o2)cc1C. The summed E-state index contributed by atoms with van der Waals surface area (Å²) >= 11 is 0. The first-order chi connectivity index (χ1) is 15.7. The average Bonchev–Trinajstić information content (AvgIpc) is 3.34. The first-order valence-electron chi connectivity index (χ1n) is 10.5. The number of methoxy groups -OCH3 is 1. The number of carbonyl (C=O) groups is 2. The number of anilines is 2. The number of Topliss-reactive ketones (excluding diaryl/α,β-unsaturated/α-hetero) is 1. The van der Waals surface area contributed by atoms with Gasteiger partial charge in [0.15, 0.2) is 0 Å². The smallest absolute Gasteiger partial charge is 0.300 e. The molecule has 1 amide bonds. The molecule has 2 heterocycles. The maximum atomic E-state index is 13.2. The van der Waals surface area contributed by atoms with Gasteiger partial charge in [0.2, 0.25) is 0 Å². The zero-order valence-electron chi connectivity index (χ0n) is 19.2. The highest BCUT2D eigenvalue weighted by atomic mass is 16.5. The van der Waals surface area contributed by atoms with E-state index < -0.39 is 17.7 Å². The number of aliphatic hydroxyl groups excluding tert-OH is 1. The molecular weight excluding hydrogens is 420 g/mol. The van der Waals surface area contributed by atoms with Crippen LogP contribution in [0, 0.1) is 13.8 Å². The number of ketones is 1. The van der Waals surface area contributed by atoms with Gasteiger partial charge in [-0.05, 0) is 74.0 Å². The highest BCUT2D eigenvalue weighted by Gasteiger charge is 2.48. The molecular formula is C26H26N2O5. The van der Waals surface area contributed by atoms with Gasteiger partial charge in [-0.15, -0.1) is 0 Å². The van der Waals surface area contributed by atoms with Crippen LogP contribution in [-0.2, 0) is 9.59 Å². The van der Waals surface area contributed by atoms with Crippen molar-refractivity contribution in [3.63, 3.8) is 0 Å². The van der Waals surface area contributed by atoms with Crippen molar-refractivity contribution in [2.45, 2.75) is 19.9 Å². The molecule has 7 nitrogen and oxygen atoms in total. The number of aryl methyl sites for hydroxylation is 2. The summed E-state index contributed by atoms with van der Waals surface area (Å²) in [6, 6.07) is 15.0. The van der Waals surface area contributed by atoms with Gasteiger partial charge in [-0.3, -0.25) is 14.5 Å². The predicted molar refractivity (Wildman–Crippen MR) is 127 cm³/mol. The third kappa shape index (κ3) is 3.86. The lowest BCUT2D eigenvalue weighted by Crippen LogP contribution is -2.29. The molecule has 0 saturated carbocycles. The van der Waals surface area contributed by atoms with Gasteiger partial charge in [0.1, 0.15) is 29.1 Å². The Morgan fingerprint density at radius 3 is 2.27 bits per heavy atom. The molecule has 1 aromatic heterocycles. The van der Waals surface area contributed by atoms with Crippen molar-refractivity contribution in [2.75, 3.05) is 31.0 Å². The van der Waals surface area contributed by atoms with Crippen LogP contribution >= 0.6 is 0 Å². The van der Waals surface area contributed by atoms with E-state index >= 15 is 0 Å². The Bertz CT molecular complexity index is 1250. The second-order valence-electron chi connectivity index (χ2n) is 8.21. The van der Waals surface area contributed by atoms with E-state index in [0.717, 1.165) is 11.3 Å². The normalized spacial score (nSPS) is 17.5. The molecule has 170 valence electrons. The highest BCUT2D eigenvalue weighted by molar-refractivity contribution is 6.51. The lowest BCUT2D eigenvalue weighted by atomic mass is 9.98. The number of furan rings is 1. The third-order valence-corrected chi connectivity index (χ3v) is 5.79. The van der Waals surface area contributed by atoms with Crippen LogP contribution in [0.15, 0.2) is 64.6 Å². The Kier molecular flexibility index (Phi) is 5.72. The number of carbonyl (C=O) groups excluding carboxylic acids is 2. The molecule has 1 unspecified atom stereocenters. The molecule has 1 aliphatic heterocycles. The van der Waals surface area contributed by atoms with E-state index in [1.807, 2.05) is 38.1 Å². The summed E-state index contributed by atoms with van der Waals surface area (Å²) in [6.45, 7) is 3.63. The van der Waals surface area contributed by atoms with Gasteiger partial charge in [-0.2, -0.15) is 0 Å². The Labute approximate surface area is 192 Å². The van der Waals surface area contributed by atoms with Crippen LogP contribution in [0.3, 0.4) is 0 Å². The second kappa shape index (κ2) is 8.50. The summed E-state index contributed by atoms with van der Waals surface area (Å²) in [6.07, 6.45) is 0. The topological polar surface area (TPSA) is 83.2 Å². The quantitative estimate of drug-likeness (QED) is 0.350. The minimum Gasteiger partial charge on any atom is -0.507 e. The van der Waals surface area contributed by atoms with Gasteiger partial charge in [-0.1, -0.05) is 0 Å². The van der Waals surface area contributed by atoms with Crippen LogP contribution in [0.25, 0.3) is 5.76 Å². The van der Waals surface area contributed by atoms with Crippen molar-refractivity contribution < 1.29 is 23.8 Å². The fraction of sp³-hybridized carbons (Fsp3) is 0.231. The highest BCUT2D eigenvalue weighted by Crippen LogP contribution is 2.43. The first kappa shape index (κ1) is 22.2. The number of nitrogens with zero attached hydrogens (tertiary/aromatic N) is 2. The summed E-state index contributed by atoms with van der Waals surface area (Å²) in [7, 11) is 5.40. The van der Waals surface area contributed by atoms with Crippen molar-refractivity contribution in [3.8, 4) is 5.75 Å². The van der Waals surface area contributed by atoms with Crippen molar-refractivity contribution >= 4 is 28.8 Å². The predicted octanol–water partition coefficient (Wildman–Crippen LogP) is 4.60. The first-order valence-corrected chi connectivity index (χ1v) is 10.5. The monoisotopic (exact) mass is 446 g/mol. The molecule has 1 atom stereocenters. The summed E-state index contributed by atoms with van der Waals surface area (Å²) < 4.78 is 11.1. The average molecular weight is 447 g/mol. The van der Waals surface area contributed by atoms with Gasteiger partial charge in [0.25, 0.3) is 11.7 Å². The van der Waals surface area contributed by atoms with Crippen LogP contribution in [-0.4, -0.2) is 38.0 Å². The van der Waals surface area contributed by atoms with E-state index in [-0.39, 0.29) is 11.3 Å². The fourth-order valence-corrected chi connectivity index (χ4v) is 4.06. The van der Waals surface area contributed by atoms with E-state index in [9.17, 15) is 14.7 Å². The minimum atomic E-state index is -0.897. The Morgan fingerprint density at radius 1 is 1.03 bits per heavy atom. The summed E-state index contributed by atoms with van der Waals surface area (Å²) in [5, 5.41) is 11.2. The standard InChI is InChI=1S/C26H26N2O5/c1-15-14-17(7-13-20(15)32-5)24(29)22-23(21-12-6-16(2)33-21)28(26(31)25(22)30)19-10-8-18(9-11-19)27(3)4/h6-14,23,29H,1-5H3/b24-22-. The Morgan fingerprint density at radius 2 is 1.73 bits per heavy atom. The van der Waals surface area contributed by atoms with E-state index in [0.29, 0.717) is 28.5 Å². The molecule has 1 aliphatic rings. The molecule has 1 N–H and O–H groups in total. The number of ether oxygens (including phenoxy) is 1. The Balaban J connectivity index is 1.89. The largest absolute Gasteiger partial charge is 0.507 e. The lowest BCUT2D eigenvalue weighted by Gasteiger charge is -2.24. The molecule has 2 aromatic carbocycles.